The molecule has 2 aromatic heterocycles. The number of aromatic nitrogens is 3. The summed E-state index contributed by atoms with van der Waals surface area (Å²) in [6, 6.07) is 11.6. The lowest BCUT2D eigenvalue weighted by Crippen LogP contribution is -2.17. The smallest absolute Gasteiger partial charge is 0.273 e. The van der Waals surface area contributed by atoms with Crippen LogP contribution in [0.4, 0.5) is 5.82 Å². The Kier molecular flexibility index (Phi) is 4.09. The van der Waals surface area contributed by atoms with Gasteiger partial charge in [0.2, 0.25) is 0 Å². The highest BCUT2D eigenvalue weighted by Crippen LogP contribution is 2.20. The van der Waals surface area contributed by atoms with Crippen molar-refractivity contribution in [2.45, 2.75) is 13.8 Å². The Hall–Kier alpha value is -2.34. The number of carbonyl (C=O) groups excluding carboxylic acids is 1. The fourth-order valence-electron chi connectivity index (χ4n) is 2.40. The molecule has 0 aliphatic rings. The molecule has 3 aromatic rings. The van der Waals surface area contributed by atoms with Crippen LogP contribution < -0.4 is 5.32 Å². The number of benzene rings is 1. The molecule has 1 amide bonds. The lowest BCUT2D eigenvalue weighted by molar-refractivity contribution is 0.101. The van der Waals surface area contributed by atoms with Gasteiger partial charge in [-0.1, -0.05) is 17.7 Å². The molecule has 5 nitrogen and oxygen atoms in total. The van der Waals surface area contributed by atoms with E-state index in [9.17, 15) is 4.79 Å². The zero-order valence-corrected chi connectivity index (χ0v) is 14.8. The fraction of sp³-hybridized carbons (Fsp3) is 0.176. The van der Waals surface area contributed by atoms with Crippen LogP contribution in [0, 0.1) is 13.8 Å². The molecule has 1 N–H and O–H groups in total. The summed E-state index contributed by atoms with van der Waals surface area (Å²) in [5.41, 5.74) is 3.50. The SMILES string of the molecule is Cc1ccc(-n2nc(C)cc2NC(=O)c2cc(Br)cn2C)cc1. The van der Waals surface area contributed by atoms with Crippen molar-refractivity contribution < 1.29 is 4.79 Å². The van der Waals surface area contributed by atoms with E-state index in [1.807, 2.05) is 57.4 Å². The molecule has 23 heavy (non-hydrogen) atoms. The highest BCUT2D eigenvalue weighted by Gasteiger charge is 2.15. The summed E-state index contributed by atoms with van der Waals surface area (Å²) in [5, 5.41) is 7.41. The standard InChI is InChI=1S/C17H17BrN4O/c1-11-4-6-14(7-5-11)22-16(8-12(2)20-22)19-17(23)15-9-13(18)10-21(15)3/h4-10H,1-3H3,(H,19,23). The number of hydrogen-bond acceptors (Lipinski definition) is 2. The van der Waals surface area contributed by atoms with Crippen LogP contribution in [0.2, 0.25) is 0 Å². The first-order valence-electron chi connectivity index (χ1n) is 7.21. The molecule has 0 saturated carbocycles. The molecule has 0 spiro atoms. The number of carbonyl (C=O) groups is 1. The van der Waals surface area contributed by atoms with Crippen LogP contribution in [0.5, 0.6) is 0 Å². The van der Waals surface area contributed by atoms with Crippen molar-refractivity contribution in [1.29, 1.82) is 0 Å². The van der Waals surface area contributed by atoms with Gasteiger partial charge in [-0.05, 0) is 48.0 Å². The maximum Gasteiger partial charge on any atom is 0.273 e. The first-order valence-corrected chi connectivity index (χ1v) is 8.00. The molecule has 0 aliphatic heterocycles. The predicted molar refractivity (Wildman–Crippen MR) is 94.1 cm³/mol. The van der Waals surface area contributed by atoms with Crippen molar-refractivity contribution in [3.8, 4) is 5.69 Å². The van der Waals surface area contributed by atoms with Crippen LogP contribution in [0.15, 0.2) is 47.1 Å². The van der Waals surface area contributed by atoms with Gasteiger partial charge in [0, 0.05) is 23.8 Å². The Morgan fingerprint density at radius 1 is 1.17 bits per heavy atom. The number of amides is 1. The topological polar surface area (TPSA) is 51.9 Å². The summed E-state index contributed by atoms with van der Waals surface area (Å²) >= 11 is 3.38. The minimum atomic E-state index is -0.175. The molecule has 0 radical (unpaired) electrons. The maximum absolute atomic E-state index is 12.5. The average molecular weight is 373 g/mol. The predicted octanol–water partition coefficient (Wildman–Crippen LogP) is 3.84. The zero-order chi connectivity index (χ0) is 16.6. The van der Waals surface area contributed by atoms with Gasteiger partial charge < -0.3 is 9.88 Å². The fourth-order valence-corrected chi connectivity index (χ4v) is 2.93. The largest absolute Gasteiger partial charge is 0.345 e. The van der Waals surface area contributed by atoms with Gasteiger partial charge in [-0.15, -0.1) is 0 Å². The molecule has 0 saturated heterocycles. The molecule has 0 unspecified atom stereocenters. The van der Waals surface area contributed by atoms with E-state index in [0.29, 0.717) is 11.5 Å². The van der Waals surface area contributed by atoms with E-state index in [-0.39, 0.29) is 5.91 Å². The molecule has 3 rings (SSSR count). The van der Waals surface area contributed by atoms with Crippen molar-refractivity contribution in [3.05, 3.63) is 64.0 Å². The number of aryl methyl sites for hydroxylation is 3. The van der Waals surface area contributed by atoms with Crippen LogP contribution >= 0.6 is 15.9 Å². The number of nitrogens with zero attached hydrogens (tertiary/aromatic N) is 3. The monoisotopic (exact) mass is 372 g/mol. The number of rotatable bonds is 3. The van der Waals surface area contributed by atoms with E-state index in [4.69, 9.17) is 0 Å². The second-order valence-electron chi connectivity index (χ2n) is 5.53. The van der Waals surface area contributed by atoms with E-state index in [0.717, 1.165) is 15.9 Å². The Morgan fingerprint density at radius 2 is 1.87 bits per heavy atom. The zero-order valence-electron chi connectivity index (χ0n) is 13.2. The third-order valence-electron chi connectivity index (χ3n) is 3.56. The summed E-state index contributed by atoms with van der Waals surface area (Å²) < 4.78 is 4.39. The third-order valence-corrected chi connectivity index (χ3v) is 3.99. The number of anilines is 1. The van der Waals surface area contributed by atoms with Crippen LogP contribution in [-0.4, -0.2) is 20.3 Å². The summed E-state index contributed by atoms with van der Waals surface area (Å²) in [6.07, 6.45) is 1.84. The maximum atomic E-state index is 12.5. The van der Waals surface area contributed by atoms with Crippen molar-refractivity contribution in [2.24, 2.45) is 7.05 Å². The molecule has 0 aliphatic carbocycles. The van der Waals surface area contributed by atoms with Gasteiger partial charge in [-0.2, -0.15) is 5.10 Å². The first kappa shape index (κ1) is 15.6. The highest BCUT2D eigenvalue weighted by molar-refractivity contribution is 9.10. The summed E-state index contributed by atoms with van der Waals surface area (Å²) in [5.74, 6) is 0.472. The normalized spacial score (nSPS) is 10.8. The summed E-state index contributed by atoms with van der Waals surface area (Å²) in [4.78, 5) is 12.5. The van der Waals surface area contributed by atoms with Gasteiger partial charge >= 0.3 is 0 Å². The molecule has 2 heterocycles. The number of hydrogen-bond donors (Lipinski definition) is 1. The van der Waals surface area contributed by atoms with E-state index < -0.39 is 0 Å². The second-order valence-corrected chi connectivity index (χ2v) is 6.44. The van der Waals surface area contributed by atoms with Crippen LogP contribution in [0.25, 0.3) is 5.69 Å². The molecule has 0 bridgehead atoms. The lowest BCUT2D eigenvalue weighted by atomic mass is 10.2. The van der Waals surface area contributed by atoms with E-state index in [1.165, 1.54) is 5.56 Å². The Bertz CT molecular complexity index is 861. The van der Waals surface area contributed by atoms with Crippen LogP contribution in [0.1, 0.15) is 21.7 Å². The average Bonchev–Trinajstić information content (AvgIpc) is 3.02. The molecule has 6 heteroatoms. The molecular formula is C17H17BrN4O. The van der Waals surface area contributed by atoms with Gasteiger partial charge in [-0.3, -0.25) is 4.79 Å². The first-order chi connectivity index (χ1) is 10.9. The van der Waals surface area contributed by atoms with E-state index in [1.54, 1.807) is 15.3 Å². The van der Waals surface area contributed by atoms with Gasteiger partial charge in [-0.25, -0.2) is 4.68 Å². The van der Waals surface area contributed by atoms with Gasteiger partial charge in [0.15, 0.2) is 0 Å². The number of nitrogens with one attached hydrogen (secondary N) is 1. The van der Waals surface area contributed by atoms with Crippen molar-refractivity contribution in [1.82, 2.24) is 14.3 Å². The second kappa shape index (κ2) is 6.04. The molecule has 0 fully saturated rings. The van der Waals surface area contributed by atoms with E-state index in [2.05, 4.69) is 26.3 Å². The molecular weight excluding hydrogens is 356 g/mol. The molecule has 118 valence electrons. The Morgan fingerprint density at radius 3 is 2.48 bits per heavy atom. The van der Waals surface area contributed by atoms with Crippen LogP contribution in [0.3, 0.4) is 0 Å². The lowest BCUT2D eigenvalue weighted by Gasteiger charge is -2.09. The molecule has 0 atom stereocenters. The van der Waals surface area contributed by atoms with Crippen molar-refractivity contribution >= 4 is 27.7 Å². The summed E-state index contributed by atoms with van der Waals surface area (Å²) in [6.45, 7) is 3.94. The van der Waals surface area contributed by atoms with Crippen molar-refractivity contribution in [3.63, 3.8) is 0 Å². The van der Waals surface area contributed by atoms with Gasteiger partial charge in [0.05, 0.1) is 11.4 Å². The van der Waals surface area contributed by atoms with E-state index >= 15 is 0 Å². The Labute approximate surface area is 143 Å². The third kappa shape index (κ3) is 3.22. The Balaban J connectivity index is 1.93. The highest BCUT2D eigenvalue weighted by atomic mass is 79.9. The minimum Gasteiger partial charge on any atom is -0.345 e. The van der Waals surface area contributed by atoms with Crippen LogP contribution in [-0.2, 0) is 7.05 Å². The van der Waals surface area contributed by atoms with Gasteiger partial charge in [0.25, 0.3) is 5.91 Å². The quantitative estimate of drug-likeness (QED) is 0.759. The summed E-state index contributed by atoms with van der Waals surface area (Å²) in [7, 11) is 1.84. The molecule has 1 aromatic carbocycles. The number of halogens is 1. The minimum absolute atomic E-state index is 0.175. The van der Waals surface area contributed by atoms with Crippen molar-refractivity contribution in [2.75, 3.05) is 5.32 Å². The van der Waals surface area contributed by atoms with Gasteiger partial charge in [0.1, 0.15) is 11.5 Å².